The number of ether oxygens (including phenoxy) is 1. The van der Waals surface area contributed by atoms with E-state index in [-0.39, 0.29) is 40.3 Å². The molecule has 0 saturated heterocycles. The highest BCUT2D eigenvalue weighted by Crippen LogP contribution is 2.31. The van der Waals surface area contributed by atoms with Crippen LogP contribution in [0.2, 0.25) is 10.0 Å². The van der Waals surface area contributed by atoms with Crippen molar-refractivity contribution in [1.29, 1.82) is 0 Å². The van der Waals surface area contributed by atoms with Gasteiger partial charge < -0.3 is 15.0 Å². The quantitative estimate of drug-likeness (QED) is 0.103. The number of hydrogen-bond donors (Lipinski definition) is 1. The van der Waals surface area contributed by atoms with Crippen molar-refractivity contribution in [2.75, 3.05) is 18.0 Å². The third-order valence-corrected chi connectivity index (χ3v) is 10.7. The Kier molecular flexibility index (Phi) is 12.9. The number of rotatable bonds is 15. The average Bonchev–Trinajstić information content (AvgIpc) is 3.10. The maximum absolute atomic E-state index is 14.7. The summed E-state index contributed by atoms with van der Waals surface area (Å²) < 4.78 is 34.8. The van der Waals surface area contributed by atoms with Crippen LogP contribution in [-0.2, 0) is 32.6 Å². The van der Waals surface area contributed by atoms with Gasteiger partial charge >= 0.3 is 0 Å². The van der Waals surface area contributed by atoms with Crippen LogP contribution < -0.4 is 14.4 Å². The number of nitrogens with one attached hydrogen (secondary N) is 1. The van der Waals surface area contributed by atoms with Crippen LogP contribution in [0.15, 0.2) is 95.9 Å². The van der Waals surface area contributed by atoms with Crippen molar-refractivity contribution in [2.45, 2.75) is 57.1 Å². The van der Waals surface area contributed by atoms with E-state index in [4.69, 9.17) is 27.9 Å². The third-order valence-electron chi connectivity index (χ3n) is 8.27. The van der Waals surface area contributed by atoms with Gasteiger partial charge in [-0.3, -0.25) is 24.0 Å². The molecule has 0 bridgehead atoms. The number of benzene rings is 4. The molecule has 0 fully saturated rings. The van der Waals surface area contributed by atoms with Crippen molar-refractivity contribution < 1.29 is 27.7 Å². The summed E-state index contributed by atoms with van der Waals surface area (Å²) >= 11 is 13.1. The molecule has 0 aliphatic rings. The lowest BCUT2D eigenvalue weighted by atomic mass is 10.0. The Balaban J connectivity index is 1.88. The molecule has 4 aromatic carbocycles. The molecule has 0 spiro atoms. The minimum Gasteiger partial charge on any atom is -0.497 e. The average molecular weight is 742 g/mol. The first-order valence-electron chi connectivity index (χ1n) is 15.7. The summed E-state index contributed by atoms with van der Waals surface area (Å²) in [6.45, 7) is 4.24. The molecule has 50 heavy (non-hydrogen) atoms. The zero-order chi connectivity index (χ0) is 36.6. The Labute approximate surface area is 302 Å². The van der Waals surface area contributed by atoms with Crippen molar-refractivity contribution >= 4 is 56.4 Å². The van der Waals surface area contributed by atoms with Crippen LogP contribution in [-0.4, -0.2) is 55.8 Å². The van der Waals surface area contributed by atoms with E-state index in [9.17, 15) is 28.1 Å². The van der Waals surface area contributed by atoms with E-state index >= 15 is 0 Å². The largest absolute Gasteiger partial charge is 0.497 e. The maximum Gasteiger partial charge on any atom is 0.273 e. The summed E-state index contributed by atoms with van der Waals surface area (Å²) in [5, 5.41) is 15.2. The summed E-state index contributed by atoms with van der Waals surface area (Å²) in [6, 6.07) is 22.1. The lowest BCUT2D eigenvalue weighted by molar-refractivity contribution is -0.385. The maximum atomic E-state index is 14.7. The van der Waals surface area contributed by atoms with Gasteiger partial charge in [0.25, 0.3) is 15.7 Å². The van der Waals surface area contributed by atoms with Gasteiger partial charge in [0.1, 0.15) is 18.3 Å². The summed E-state index contributed by atoms with van der Waals surface area (Å²) in [5.41, 5.74) is 1.08. The van der Waals surface area contributed by atoms with E-state index in [1.54, 1.807) is 18.2 Å². The van der Waals surface area contributed by atoms with Crippen molar-refractivity contribution in [3.8, 4) is 5.75 Å². The molecule has 2 amide bonds. The topological polar surface area (TPSA) is 139 Å². The van der Waals surface area contributed by atoms with Crippen LogP contribution in [0.4, 0.5) is 11.4 Å². The van der Waals surface area contributed by atoms with E-state index in [2.05, 4.69) is 5.32 Å². The van der Waals surface area contributed by atoms with Crippen LogP contribution in [0.25, 0.3) is 0 Å². The van der Waals surface area contributed by atoms with E-state index in [1.807, 2.05) is 44.2 Å². The molecule has 0 saturated carbocycles. The number of amides is 2. The van der Waals surface area contributed by atoms with Crippen LogP contribution in [0.1, 0.15) is 37.0 Å². The van der Waals surface area contributed by atoms with Gasteiger partial charge in [0, 0.05) is 46.2 Å². The molecule has 0 aromatic heterocycles. The first-order chi connectivity index (χ1) is 23.8. The van der Waals surface area contributed by atoms with Gasteiger partial charge in [-0.25, -0.2) is 8.42 Å². The summed E-state index contributed by atoms with van der Waals surface area (Å²) in [4.78, 5) is 40.7. The fourth-order valence-corrected chi connectivity index (χ4v) is 7.15. The number of nitro groups is 1. The highest BCUT2D eigenvalue weighted by Gasteiger charge is 2.36. The number of carbonyl (C=O) groups is 2. The second-order valence-electron chi connectivity index (χ2n) is 11.7. The number of halogens is 2. The van der Waals surface area contributed by atoms with E-state index < -0.39 is 49.9 Å². The number of anilines is 1. The van der Waals surface area contributed by atoms with Gasteiger partial charge in [-0.05, 0) is 68.3 Å². The standard InChI is InChI=1S/C36H38Cl2N4O7S/c1-5-25(3)39-36(44)34(20-26-10-7-6-8-11-26)40(22-30-31(37)12-9-13-32(30)38)35(43)23-41(27-15-17-28(49-4)18-16-27)50(47,48)29-19-14-24(2)33(21-29)42(45)46/h6-19,21,25,34H,5,20,22-23H2,1-4H3,(H,39,44)/t25-,34+/m0/s1. The normalized spacial score (nSPS) is 12.4. The highest BCUT2D eigenvalue weighted by molar-refractivity contribution is 7.92. The number of hydrogen-bond acceptors (Lipinski definition) is 7. The number of sulfonamides is 1. The van der Waals surface area contributed by atoms with Gasteiger partial charge in [-0.15, -0.1) is 0 Å². The molecule has 0 heterocycles. The third kappa shape index (κ3) is 9.12. The fraction of sp³-hybridized carbons (Fsp3) is 0.278. The summed E-state index contributed by atoms with van der Waals surface area (Å²) in [7, 11) is -3.15. The molecule has 1 N–H and O–H groups in total. The van der Waals surface area contributed by atoms with Crippen molar-refractivity contribution in [2.24, 2.45) is 0 Å². The van der Waals surface area contributed by atoms with Crippen LogP contribution in [0, 0.1) is 17.0 Å². The van der Waals surface area contributed by atoms with E-state index in [0.717, 1.165) is 15.9 Å². The fourth-order valence-electron chi connectivity index (χ4n) is 5.20. The zero-order valence-corrected chi connectivity index (χ0v) is 30.3. The number of nitrogens with zero attached hydrogens (tertiary/aromatic N) is 3. The lowest BCUT2D eigenvalue weighted by Crippen LogP contribution is -2.54. The first kappa shape index (κ1) is 38.2. The Morgan fingerprint density at radius 1 is 0.960 bits per heavy atom. The molecule has 4 rings (SSSR count). The van der Waals surface area contributed by atoms with Crippen molar-refractivity contribution in [1.82, 2.24) is 10.2 Å². The van der Waals surface area contributed by atoms with Gasteiger partial charge in [-0.1, -0.05) is 72.6 Å². The number of aryl methyl sites for hydroxylation is 1. The summed E-state index contributed by atoms with van der Waals surface area (Å²) in [6.07, 6.45) is 0.719. The second-order valence-corrected chi connectivity index (χ2v) is 14.3. The van der Waals surface area contributed by atoms with Crippen LogP contribution in [0.5, 0.6) is 5.75 Å². The van der Waals surface area contributed by atoms with Crippen LogP contribution >= 0.6 is 23.2 Å². The second kappa shape index (κ2) is 16.8. The molecule has 0 unspecified atom stereocenters. The molecule has 264 valence electrons. The Bertz CT molecular complexity index is 1920. The predicted molar refractivity (Wildman–Crippen MR) is 194 cm³/mol. The molecule has 11 nitrogen and oxygen atoms in total. The number of nitro benzene ring substituents is 1. The van der Waals surface area contributed by atoms with Gasteiger partial charge in [0.2, 0.25) is 11.8 Å². The molecule has 0 aliphatic carbocycles. The van der Waals surface area contributed by atoms with Gasteiger partial charge in [-0.2, -0.15) is 0 Å². The lowest BCUT2D eigenvalue weighted by Gasteiger charge is -2.34. The Hall–Kier alpha value is -4.65. The molecule has 14 heteroatoms. The molecular formula is C36H38Cl2N4O7S. The molecule has 2 atom stereocenters. The Morgan fingerprint density at radius 2 is 1.60 bits per heavy atom. The molecule has 0 radical (unpaired) electrons. The highest BCUT2D eigenvalue weighted by atomic mass is 35.5. The molecule has 4 aromatic rings. The first-order valence-corrected chi connectivity index (χ1v) is 17.9. The smallest absolute Gasteiger partial charge is 0.273 e. The van der Waals surface area contributed by atoms with Gasteiger partial charge in [0.05, 0.1) is 22.6 Å². The number of methoxy groups -OCH3 is 1. The SMILES string of the molecule is CC[C@H](C)NC(=O)[C@@H](Cc1ccccc1)N(Cc1c(Cl)cccc1Cl)C(=O)CN(c1ccc(OC)cc1)S(=O)(=O)c1ccc(C)c([N+](=O)[O-])c1. The number of carbonyl (C=O) groups excluding carboxylic acids is 2. The van der Waals surface area contributed by atoms with Gasteiger partial charge in [0.15, 0.2) is 0 Å². The van der Waals surface area contributed by atoms with Crippen LogP contribution in [0.3, 0.4) is 0 Å². The summed E-state index contributed by atoms with van der Waals surface area (Å²) in [5.74, 6) is -0.766. The predicted octanol–water partition coefficient (Wildman–Crippen LogP) is 6.97. The minimum absolute atomic E-state index is 0.0850. The van der Waals surface area contributed by atoms with E-state index in [1.165, 1.54) is 55.3 Å². The van der Waals surface area contributed by atoms with Crippen molar-refractivity contribution in [3.05, 3.63) is 128 Å². The zero-order valence-electron chi connectivity index (χ0n) is 28.0. The monoisotopic (exact) mass is 740 g/mol. The van der Waals surface area contributed by atoms with Crippen molar-refractivity contribution in [3.63, 3.8) is 0 Å². The molecular weight excluding hydrogens is 703 g/mol. The Morgan fingerprint density at radius 3 is 2.18 bits per heavy atom. The molecule has 0 aliphatic heterocycles. The van der Waals surface area contributed by atoms with E-state index in [0.29, 0.717) is 17.7 Å². The minimum atomic E-state index is -4.60.